The van der Waals surface area contributed by atoms with E-state index in [0.717, 1.165) is 64.7 Å². The van der Waals surface area contributed by atoms with E-state index in [0.29, 0.717) is 44.4 Å². The molecule has 0 amide bonds. The maximum atomic E-state index is 12.7. The van der Waals surface area contributed by atoms with E-state index < -0.39 is 0 Å². The monoisotopic (exact) mass is 851 g/mol. The summed E-state index contributed by atoms with van der Waals surface area (Å²) < 4.78 is 11.7. The summed E-state index contributed by atoms with van der Waals surface area (Å²) in [7, 11) is 2.18. The third-order valence-electron chi connectivity index (χ3n) is 12.8. The minimum atomic E-state index is -0.0251. The van der Waals surface area contributed by atoms with Gasteiger partial charge in [0.05, 0.1) is 19.8 Å². The van der Waals surface area contributed by atoms with Gasteiger partial charge in [0.15, 0.2) is 0 Å². The molecular weight excluding hydrogens is 745 g/mol. The predicted octanol–water partition coefficient (Wildman–Crippen LogP) is 14.7. The van der Waals surface area contributed by atoms with Crippen molar-refractivity contribution in [3.63, 3.8) is 0 Å². The molecule has 0 aromatic rings. The second kappa shape index (κ2) is 47.3. The number of rotatable bonds is 49. The van der Waals surface area contributed by atoms with Gasteiger partial charge < -0.3 is 19.5 Å². The molecule has 0 saturated carbocycles. The summed E-state index contributed by atoms with van der Waals surface area (Å²) >= 11 is 0. The standard InChI is InChI=1S/C53H106N2O5/c1-6-10-14-18-22-28-36-50(37-29-23-19-15-11-7-2)48-59-52(57)40-32-26-34-42-54(5)44-45-55(46-47-56)43-35-27-33-41-53(58)60-49-51(38-30-24-20-16-12-8-3)39-31-25-21-17-13-9-4/h50-51,56H,6-49H2,1-5H3. The minimum Gasteiger partial charge on any atom is -0.465 e. The van der Waals surface area contributed by atoms with Crippen LogP contribution >= 0.6 is 0 Å². The molecule has 0 saturated heterocycles. The van der Waals surface area contributed by atoms with Crippen molar-refractivity contribution in [1.82, 2.24) is 9.80 Å². The second-order valence-corrected chi connectivity index (χ2v) is 18.8. The first-order valence-electron chi connectivity index (χ1n) is 26.7. The third kappa shape index (κ3) is 42.1. The Morgan fingerprint density at radius 2 is 0.733 bits per heavy atom. The Kier molecular flexibility index (Phi) is 46.4. The third-order valence-corrected chi connectivity index (χ3v) is 12.8. The van der Waals surface area contributed by atoms with Crippen LogP contribution in [0.5, 0.6) is 0 Å². The molecule has 0 unspecified atom stereocenters. The van der Waals surface area contributed by atoms with Crippen molar-refractivity contribution in [3.05, 3.63) is 0 Å². The smallest absolute Gasteiger partial charge is 0.305 e. The molecule has 7 nitrogen and oxygen atoms in total. The van der Waals surface area contributed by atoms with E-state index in [4.69, 9.17) is 9.47 Å². The molecule has 0 radical (unpaired) electrons. The quantitative estimate of drug-likeness (QED) is 0.0482. The van der Waals surface area contributed by atoms with Gasteiger partial charge >= 0.3 is 11.9 Å². The van der Waals surface area contributed by atoms with Gasteiger partial charge in [0.25, 0.3) is 0 Å². The van der Waals surface area contributed by atoms with Gasteiger partial charge in [-0.05, 0) is 83.3 Å². The highest BCUT2D eigenvalue weighted by molar-refractivity contribution is 5.69. The van der Waals surface area contributed by atoms with Gasteiger partial charge in [-0.3, -0.25) is 14.5 Å². The van der Waals surface area contributed by atoms with Gasteiger partial charge in [-0.2, -0.15) is 0 Å². The van der Waals surface area contributed by atoms with Crippen molar-refractivity contribution in [2.45, 2.75) is 259 Å². The fourth-order valence-corrected chi connectivity index (χ4v) is 8.55. The van der Waals surface area contributed by atoms with Gasteiger partial charge in [-0.25, -0.2) is 0 Å². The molecule has 0 aliphatic rings. The van der Waals surface area contributed by atoms with Crippen molar-refractivity contribution in [2.24, 2.45) is 11.8 Å². The molecule has 7 heteroatoms. The Morgan fingerprint density at radius 3 is 1.10 bits per heavy atom. The molecule has 0 aromatic heterocycles. The zero-order chi connectivity index (χ0) is 44.0. The normalized spacial score (nSPS) is 11.8. The zero-order valence-corrected chi connectivity index (χ0v) is 41.2. The number of ether oxygens (including phenoxy) is 2. The molecule has 0 rings (SSSR count). The number of aliphatic hydroxyl groups excluding tert-OH is 1. The highest BCUT2D eigenvalue weighted by atomic mass is 16.5. The minimum absolute atomic E-state index is 0.0120. The van der Waals surface area contributed by atoms with Crippen molar-refractivity contribution >= 4 is 11.9 Å². The number of hydrogen-bond donors (Lipinski definition) is 1. The SMILES string of the molecule is CCCCCCCCC(CCCCCCCC)COC(=O)CCCCCN(C)CCN(CCO)CCCCCC(=O)OCC(CCCCCCCC)CCCCCCCC. The van der Waals surface area contributed by atoms with Crippen molar-refractivity contribution < 1.29 is 24.2 Å². The lowest BCUT2D eigenvalue weighted by Gasteiger charge is -2.25. The highest BCUT2D eigenvalue weighted by Gasteiger charge is 2.15. The lowest BCUT2D eigenvalue weighted by atomic mass is 9.94. The van der Waals surface area contributed by atoms with Crippen LogP contribution in [-0.2, 0) is 19.1 Å². The molecule has 1 N–H and O–H groups in total. The first kappa shape index (κ1) is 58.8. The molecule has 0 spiro atoms. The van der Waals surface area contributed by atoms with E-state index in [-0.39, 0.29) is 18.5 Å². The topological polar surface area (TPSA) is 79.3 Å². The number of aliphatic hydroxyl groups is 1. The number of esters is 2. The van der Waals surface area contributed by atoms with Crippen LogP contribution in [0.15, 0.2) is 0 Å². The van der Waals surface area contributed by atoms with Crippen molar-refractivity contribution in [3.8, 4) is 0 Å². The number of likely N-dealkylation sites (N-methyl/N-ethyl adjacent to an activating group) is 1. The van der Waals surface area contributed by atoms with Crippen LogP contribution in [0, 0.1) is 11.8 Å². The number of unbranched alkanes of at least 4 members (excludes halogenated alkanes) is 24. The molecule has 358 valence electrons. The number of carbonyl (C=O) groups is 2. The van der Waals surface area contributed by atoms with Crippen LogP contribution in [0.2, 0.25) is 0 Å². The molecule has 0 aliphatic heterocycles. The van der Waals surface area contributed by atoms with Crippen LogP contribution in [0.25, 0.3) is 0 Å². The lowest BCUT2D eigenvalue weighted by Crippen LogP contribution is -2.36. The van der Waals surface area contributed by atoms with Crippen molar-refractivity contribution in [1.29, 1.82) is 0 Å². The van der Waals surface area contributed by atoms with E-state index in [9.17, 15) is 14.7 Å². The summed E-state index contributed by atoms with van der Waals surface area (Å²) in [4.78, 5) is 30.0. The Balaban J connectivity index is 4.29. The number of hydrogen-bond acceptors (Lipinski definition) is 7. The molecule has 0 bridgehead atoms. The van der Waals surface area contributed by atoms with E-state index in [1.54, 1.807) is 0 Å². The Morgan fingerprint density at radius 1 is 0.400 bits per heavy atom. The van der Waals surface area contributed by atoms with Gasteiger partial charge in [-0.1, -0.05) is 195 Å². The van der Waals surface area contributed by atoms with Crippen LogP contribution < -0.4 is 0 Å². The van der Waals surface area contributed by atoms with Crippen LogP contribution in [0.4, 0.5) is 0 Å². The maximum Gasteiger partial charge on any atom is 0.305 e. The summed E-state index contributed by atoms with van der Waals surface area (Å²) in [6.45, 7) is 15.0. The highest BCUT2D eigenvalue weighted by Crippen LogP contribution is 2.22. The fraction of sp³-hybridized carbons (Fsp3) is 0.962. The summed E-state index contributed by atoms with van der Waals surface area (Å²) in [6, 6.07) is 0. The van der Waals surface area contributed by atoms with Gasteiger partial charge in [0.2, 0.25) is 0 Å². The molecule has 0 heterocycles. The van der Waals surface area contributed by atoms with Crippen LogP contribution in [0.1, 0.15) is 259 Å². The van der Waals surface area contributed by atoms with Gasteiger partial charge in [0, 0.05) is 32.5 Å². The largest absolute Gasteiger partial charge is 0.465 e. The van der Waals surface area contributed by atoms with E-state index in [1.165, 1.54) is 180 Å². The zero-order valence-electron chi connectivity index (χ0n) is 41.2. The Labute approximate surface area is 375 Å². The molecule has 0 aliphatic carbocycles. The first-order valence-corrected chi connectivity index (χ1v) is 26.7. The van der Waals surface area contributed by atoms with Crippen molar-refractivity contribution in [2.75, 3.05) is 59.6 Å². The van der Waals surface area contributed by atoms with Crippen LogP contribution in [0.3, 0.4) is 0 Å². The Bertz CT molecular complexity index is 855. The number of nitrogens with zero attached hydrogens (tertiary/aromatic N) is 2. The van der Waals surface area contributed by atoms with Crippen LogP contribution in [-0.4, -0.2) is 86.4 Å². The maximum absolute atomic E-state index is 12.7. The van der Waals surface area contributed by atoms with Gasteiger partial charge in [-0.15, -0.1) is 0 Å². The van der Waals surface area contributed by atoms with Gasteiger partial charge in [0.1, 0.15) is 0 Å². The second-order valence-electron chi connectivity index (χ2n) is 18.8. The summed E-state index contributed by atoms with van der Waals surface area (Å²) in [5.41, 5.74) is 0. The van der Waals surface area contributed by atoms with E-state index in [2.05, 4.69) is 44.5 Å². The molecular formula is C53H106N2O5. The average Bonchev–Trinajstić information content (AvgIpc) is 3.24. The molecule has 0 fully saturated rings. The summed E-state index contributed by atoms with van der Waals surface area (Å²) in [6.07, 6.45) is 43.4. The number of carbonyl (C=O) groups excluding carboxylic acids is 2. The molecule has 60 heavy (non-hydrogen) atoms. The average molecular weight is 851 g/mol. The van der Waals surface area contributed by atoms with E-state index >= 15 is 0 Å². The summed E-state index contributed by atoms with van der Waals surface area (Å²) in [5, 5.41) is 9.69. The predicted molar refractivity (Wildman–Crippen MR) is 259 cm³/mol. The Hall–Kier alpha value is -1.18. The fourth-order valence-electron chi connectivity index (χ4n) is 8.55. The molecule has 0 atom stereocenters. The lowest BCUT2D eigenvalue weighted by molar-refractivity contribution is -0.146. The van der Waals surface area contributed by atoms with E-state index in [1.807, 2.05) is 0 Å². The first-order chi connectivity index (χ1) is 29.4. The molecule has 0 aromatic carbocycles. The summed E-state index contributed by atoms with van der Waals surface area (Å²) in [5.74, 6) is 1.00.